The zero-order valence-corrected chi connectivity index (χ0v) is 13.1. The quantitative estimate of drug-likeness (QED) is 0.898. The van der Waals surface area contributed by atoms with E-state index in [-0.39, 0.29) is 0 Å². The Hall–Kier alpha value is -1.06. The number of benzene rings is 1. The van der Waals surface area contributed by atoms with E-state index < -0.39 is 0 Å². The minimum atomic E-state index is 0.427. The highest BCUT2D eigenvalue weighted by Gasteiger charge is 2.28. The number of likely N-dealkylation sites (N-methyl/N-ethyl adjacent to an activating group) is 1. The number of ether oxygens (including phenoxy) is 1. The van der Waals surface area contributed by atoms with Crippen molar-refractivity contribution in [3.63, 3.8) is 0 Å². The van der Waals surface area contributed by atoms with Gasteiger partial charge in [-0.1, -0.05) is 12.5 Å². The Balaban J connectivity index is 2.22. The molecule has 2 rings (SSSR count). The van der Waals surface area contributed by atoms with Crippen molar-refractivity contribution in [2.75, 3.05) is 26.7 Å². The Morgan fingerprint density at radius 3 is 2.80 bits per heavy atom. The van der Waals surface area contributed by atoms with E-state index >= 15 is 0 Å². The number of piperidine rings is 1. The van der Waals surface area contributed by atoms with Gasteiger partial charge in [0.2, 0.25) is 0 Å². The third-order valence-electron chi connectivity index (χ3n) is 4.50. The molecule has 0 amide bonds. The largest absolute Gasteiger partial charge is 0.494 e. The summed E-state index contributed by atoms with van der Waals surface area (Å²) >= 11 is 0. The van der Waals surface area contributed by atoms with Gasteiger partial charge in [0.15, 0.2) is 0 Å². The van der Waals surface area contributed by atoms with Crippen LogP contribution in [0.1, 0.15) is 43.2 Å². The lowest BCUT2D eigenvalue weighted by Gasteiger charge is -2.38. The number of hydrogen-bond donors (Lipinski definition) is 1. The van der Waals surface area contributed by atoms with Crippen LogP contribution in [0.2, 0.25) is 0 Å². The summed E-state index contributed by atoms with van der Waals surface area (Å²) in [7, 11) is 2.23. The molecule has 1 aromatic rings. The van der Waals surface area contributed by atoms with E-state index in [0.717, 1.165) is 5.75 Å². The zero-order valence-electron chi connectivity index (χ0n) is 13.1. The third-order valence-corrected chi connectivity index (χ3v) is 4.50. The van der Waals surface area contributed by atoms with Crippen LogP contribution in [0.25, 0.3) is 0 Å². The van der Waals surface area contributed by atoms with Gasteiger partial charge in [0.05, 0.1) is 6.61 Å². The minimum absolute atomic E-state index is 0.427. The van der Waals surface area contributed by atoms with Crippen molar-refractivity contribution >= 4 is 0 Å². The average molecular weight is 276 g/mol. The maximum Gasteiger partial charge on any atom is 0.119 e. The molecule has 2 unspecified atom stereocenters. The Labute approximate surface area is 123 Å². The van der Waals surface area contributed by atoms with Gasteiger partial charge in [0.1, 0.15) is 5.75 Å². The van der Waals surface area contributed by atoms with E-state index in [1.807, 2.05) is 6.92 Å². The van der Waals surface area contributed by atoms with Crippen LogP contribution >= 0.6 is 0 Å². The Kier molecular flexibility index (Phi) is 5.44. The number of rotatable bonds is 5. The second-order valence-electron chi connectivity index (χ2n) is 5.84. The Bertz CT molecular complexity index is 433. The van der Waals surface area contributed by atoms with E-state index in [2.05, 4.69) is 37.1 Å². The lowest BCUT2D eigenvalue weighted by Crippen LogP contribution is -2.43. The highest BCUT2D eigenvalue weighted by Crippen LogP contribution is 2.32. The molecule has 0 saturated carbocycles. The van der Waals surface area contributed by atoms with Crippen LogP contribution in [0.5, 0.6) is 5.75 Å². The summed E-state index contributed by atoms with van der Waals surface area (Å²) in [5.74, 6) is 1.39. The van der Waals surface area contributed by atoms with E-state index in [4.69, 9.17) is 10.5 Å². The monoisotopic (exact) mass is 276 g/mol. The third kappa shape index (κ3) is 3.33. The first kappa shape index (κ1) is 15.3. The van der Waals surface area contributed by atoms with Gasteiger partial charge in [-0.25, -0.2) is 0 Å². The molecule has 112 valence electrons. The summed E-state index contributed by atoms with van der Waals surface area (Å²) in [6.45, 7) is 6.80. The number of nitrogens with zero attached hydrogens (tertiary/aromatic N) is 1. The van der Waals surface area contributed by atoms with E-state index in [0.29, 0.717) is 25.1 Å². The van der Waals surface area contributed by atoms with Crippen LogP contribution in [-0.4, -0.2) is 37.7 Å². The summed E-state index contributed by atoms with van der Waals surface area (Å²) in [6.07, 6.45) is 3.89. The molecule has 0 radical (unpaired) electrons. The maximum absolute atomic E-state index is 6.11. The zero-order chi connectivity index (χ0) is 14.5. The van der Waals surface area contributed by atoms with Gasteiger partial charge >= 0.3 is 0 Å². The van der Waals surface area contributed by atoms with Gasteiger partial charge in [-0.15, -0.1) is 0 Å². The molecule has 0 aliphatic carbocycles. The molecule has 3 heteroatoms. The average Bonchev–Trinajstić information content (AvgIpc) is 2.44. The van der Waals surface area contributed by atoms with Crippen molar-refractivity contribution in [2.45, 2.75) is 45.1 Å². The fourth-order valence-corrected chi connectivity index (χ4v) is 3.42. The van der Waals surface area contributed by atoms with Crippen LogP contribution < -0.4 is 10.5 Å². The van der Waals surface area contributed by atoms with Gasteiger partial charge in [-0.3, -0.25) is 0 Å². The molecule has 1 heterocycles. The highest BCUT2D eigenvalue weighted by molar-refractivity contribution is 5.38. The molecular weight excluding hydrogens is 248 g/mol. The lowest BCUT2D eigenvalue weighted by molar-refractivity contribution is 0.160. The maximum atomic E-state index is 6.11. The minimum Gasteiger partial charge on any atom is -0.494 e. The standard InChI is InChI=1S/C17H28N2O/c1-4-20-14-8-9-15(13(2)11-14)16(12-18)17-7-5-6-10-19(17)3/h8-9,11,16-17H,4-7,10,12,18H2,1-3H3. The number of likely N-dealkylation sites (tertiary alicyclic amines) is 1. The molecule has 1 aliphatic heterocycles. The first-order valence-electron chi connectivity index (χ1n) is 7.81. The van der Waals surface area contributed by atoms with Crippen LogP contribution in [0, 0.1) is 6.92 Å². The van der Waals surface area contributed by atoms with Gasteiger partial charge in [-0.05, 0) is 63.5 Å². The topological polar surface area (TPSA) is 38.5 Å². The van der Waals surface area contributed by atoms with Gasteiger partial charge in [0.25, 0.3) is 0 Å². The molecule has 1 aliphatic rings. The highest BCUT2D eigenvalue weighted by atomic mass is 16.5. The Morgan fingerprint density at radius 1 is 1.40 bits per heavy atom. The van der Waals surface area contributed by atoms with Gasteiger partial charge in [0, 0.05) is 18.5 Å². The summed E-state index contributed by atoms with van der Waals surface area (Å²) in [5, 5.41) is 0. The fraction of sp³-hybridized carbons (Fsp3) is 0.647. The molecule has 2 atom stereocenters. The summed E-state index contributed by atoms with van der Waals surface area (Å²) < 4.78 is 5.58. The van der Waals surface area contributed by atoms with Gasteiger partial charge < -0.3 is 15.4 Å². The summed E-state index contributed by atoms with van der Waals surface area (Å²) in [5.41, 5.74) is 8.79. The first-order valence-corrected chi connectivity index (χ1v) is 7.81. The van der Waals surface area contributed by atoms with Crippen molar-refractivity contribution in [1.29, 1.82) is 0 Å². The lowest BCUT2D eigenvalue weighted by atomic mass is 9.83. The van der Waals surface area contributed by atoms with Crippen LogP contribution in [0.3, 0.4) is 0 Å². The molecule has 1 saturated heterocycles. The smallest absolute Gasteiger partial charge is 0.119 e. The number of aryl methyl sites for hydroxylation is 1. The second-order valence-corrected chi connectivity index (χ2v) is 5.84. The Morgan fingerprint density at radius 2 is 2.20 bits per heavy atom. The molecule has 3 nitrogen and oxygen atoms in total. The van der Waals surface area contributed by atoms with E-state index in [1.165, 1.54) is 36.9 Å². The van der Waals surface area contributed by atoms with Crippen LogP contribution in [0.4, 0.5) is 0 Å². The van der Waals surface area contributed by atoms with Gasteiger partial charge in [-0.2, -0.15) is 0 Å². The van der Waals surface area contributed by atoms with Crippen molar-refractivity contribution in [3.05, 3.63) is 29.3 Å². The molecular formula is C17H28N2O. The summed E-state index contributed by atoms with van der Waals surface area (Å²) in [6, 6.07) is 7.01. The molecule has 0 aromatic heterocycles. The molecule has 1 aromatic carbocycles. The second kappa shape index (κ2) is 7.09. The predicted molar refractivity (Wildman–Crippen MR) is 84.4 cm³/mol. The van der Waals surface area contributed by atoms with E-state index in [9.17, 15) is 0 Å². The normalized spacial score (nSPS) is 21.7. The molecule has 1 fully saturated rings. The fourth-order valence-electron chi connectivity index (χ4n) is 3.42. The molecule has 0 bridgehead atoms. The van der Waals surface area contributed by atoms with E-state index in [1.54, 1.807) is 0 Å². The molecule has 20 heavy (non-hydrogen) atoms. The van der Waals surface area contributed by atoms with Crippen LogP contribution in [0.15, 0.2) is 18.2 Å². The molecule has 0 spiro atoms. The number of nitrogens with two attached hydrogens (primary N) is 1. The van der Waals surface area contributed by atoms with Crippen LogP contribution in [-0.2, 0) is 0 Å². The molecule has 2 N–H and O–H groups in total. The van der Waals surface area contributed by atoms with Crippen molar-refractivity contribution in [2.24, 2.45) is 5.73 Å². The van der Waals surface area contributed by atoms with Crippen molar-refractivity contribution in [1.82, 2.24) is 4.90 Å². The first-order chi connectivity index (χ1) is 9.67. The summed E-state index contributed by atoms with van der Waals surface area (Å²) in [4.78, 5) is 2.48. The SMILES string of the molecule is CCOc1ccc(C(CN)C2CCCCN2C)c(C)c1. The number of hydrogen-bond acceptors (Lipinski definition) is 3. The van der Waals surface area contributed by atoms with Crippen molar-refractivity contribution < 1.29 is 4.74 Å². The predicted octanol–water partition coefficient (Wildman–Crippen LogP) is 2.92. The van der Waals surface area contributed by atoms with Crippen molar-refractivity contribution in [3.8, 4) is 5.75 Å².